The van der Waals surface area contributed by atoms with Gasteiger partial charge in [0.1, 0.15) is 5.60 Å². The Kier molecular flexibility index (Phi) is 11.6. The van der Waals surface area contributed by atoms with E-state index >= 15 is 0 Å². The minimum Gasteiger partial charge on any atom is -0.444 e. The van der Waals surface area contributed by atoms with Crippen molar-refractivity contribution in [1.82, 2.24) is 25.2 Å². The van der Waals surface area contributed by atoms with Gasteiger partial charge in [0.25, 0.3) is 0 Å². The first-order chi connectivity index (χ1) is 19.6. The average Bonchev–Trinajstić information content (AvgIpc) is 3.23. The van der Waals surface area contributed by atoms with E-state index in [0.29, 0.717) is 24.9 Å². The Labute approximate surface area is 245 Å². The Morgan fingerprint density at radius 1 is 1.02 bits per heavy atom. The molecule has 5 rings (SSSR count). The first-order valence-corrected chi connectivity index (χ1v) is 14.9. The molecule has 0 atom stereocenters. The summed E-state index contributed by atoms with van der Waals surface area (Å²) >= 11 is 0. The minimum absolute atomic E-state index is 0.0639. The van der Waals surface area contributed by atoms with E-state index in [9.17, 15) is 27.2 Å². The number of alkyl halides is 4. The zero-order chi connectivity index (χ0) is 31.0. The molecule has 236 valence electrons. The van der Waals surface area contributed by atoms with E-state index in [-0.39, 0.29) is 68.1 Å². The fraction of sp³-hybridized carbons (Fsp3) is 0.733. The van der Waals surface area contributed by atoms with Gasteiger partial charge in [0.15, 0.2) is 5.65 Å². The quantitative estimate of drug-likeness (QED) is 0.354. The molecule has 0 saturated heterocycles. The average molecular weight is 600 g/mol. The van der Waals surface area contributed by atoms with E-state index in [4.69, 9.17) is 4.74 Å². The maximum absolute atomic E-state index is 13.3. The van der Waals surface area contributed by atoms with Gasteiger partial charge in [0.05, 0.1) is 18.1 Å². The highest BCUT2D eigenvalue weighted by atomic mass is 19.3. The standard InChI is InChI=1S/C20H24F4N4O.C6H13NO2.C4H8/c21-19(22)3-1-13(2-4-19)5-16-12-28-17(27-16)6-15(11-26-28)10-25-18(29)7-14-8-20(23,24)9-14;1-6(2,3)9-5(8)7-4;1-2-4-3-1/h6,11-14H,1-5,7-10H2,(H,25,29);1-4H3,(H,7,8);1-4H2. The van der Waals surface area contributed by atoms with E-state index in [1.807, 2.05) is 26.8 Å². The normalized spacial score (nSPS) is 19.6. The topological polar surface area (TPSA) is 97.6 Å². The first-order valence-electron chi connectivity index (χ1n) is 14.9. The Bertz CT molecular complexity index is 1160. The van der Waals surface area contributed by atoms with Crippen molar-refractivity contribution in [3.63, 3.8) is 0 Å². The molecule has 2 heterocycles. The molecule has 2 aromatic rings. The molecule has 0 aliphatic heterocycles. The zero-order valence-corrected chi connectivity index (χ0v) is 25.2. The first kappa shape index (κ1) is 33.6. The largest absolute Gasteiger partial charge is 0.444 e. The zero-order valence-electron chi connectivity index (χ0n) is 25.2. The van der Waals surface area contributed by atoms with Crippen molar-refractivity contribution >= 4 is 17.6 Å². The fourth-order valence-electron chi connectivity index (χ4n) is 4.80. The number of fused-ring (bicyclic) bond motifs is 1. The summed E-state index contributed by atoms with van der Waals surface area (Å²) in [6.07, 6.45) is 10.2. The van der Waals surface area contributed by atoms with Gasteiger partial charge >= 0.3 is 6.09 Å². The summed E-state index contributed by atoms with van der Waals surface area (Å²) in [5, 5.41) is 9.39. The molecule has 0 bridgehead atoms. The van der Waals surface area contributed by atoms with Crippen LogP contribution in [-0.4, -0.2) is 51.1 Å². The summed E-state index contributed by atoms with van der Waals surface area (Å²) in [6, 6.07) is 1.81. The molecule has 3 saturated carbocycles. The highest BCUT2D eigenvalue weighted by Crippen LogP contribution is 2.44. The number of hydrogen-bond acceptors (Lipinski definition) is 5. The third kappa shape index (κ3) is 11.8. The van der Waals surface area contributed by atoms with Crippen molar-refractivity contribution in [2.24, 2.45) is 11.8 Å². The number of aromatic nitrogens is 3. The van der Waals surface area contributed by atoms with Crippen molar-refractivity contribution in [3.8, 4) is 0 Å². The Morgan fingerprint density at radius 3 is 2.14 bits per heavy atom. The number of nitrogens with one attached hydrogen (secondary N) is 2. The van der Waals surface area contributed by atoms with E-state index < -0.39 is 11.8 Å². The van der Waals surface area contributed by atoms with Gasteiger partial charge in [-0.25, -0.2) is 31.9 Å². The maximum atomic E-state index is 13.3. The van der Waals surface area contributed by atoms with E-state index in [0.717, 1.165) is 11.3 Å². The lowest BCUT2D eigenvalue weighted by molar-refractivity contribution is -0.133. The molecule has 42 heavy (non-hydrogen) atoms. The lowest BCUT2D eigenvalue weighted by Crippen LogP contribution is -2.38. The van der Waals surface area contributed by atoms with Crippen LogP contribution < -0.4 is 10.6 Å². The number of hydrogen-bond donors (Lipinski definition) is 2. The van der Waals surface area contributed by atoms with Crippen molar-refractivity contribution in [2.75, 3.05) is 7.05 Å². The molecule has 3 aliphatic rings. The predicted octanol–water partition coefficient (Wildman–Crippen LogP) is 6.85. The number of halogens is 4. The van der Waals surface area contributed by atoms with Crippen molar-refractivity contribution in [3.05, 3.63) is 29.7 Å². The summed E-state index contributed by atoms with van der Waals surface area (Å²) in [6.45, 7) is 5.72. The SMILES string of the molecule is C1CCC1.CNC(=O)OC(C)(C)C.O=C(CC1CC(F)(F)C1)NCc1cnn2cc(CC3CCC(F)(F)CC3)nc2c1. The second-order valence-corrected chi connectivity index (χ2v) is 12.7. The van der Waals surface area contributed by atoms with Gasteiger partial charge in [-0.15, -0.1) is 0 Å². The molecule has 0 aromatic carbocycles. The molecule has 3 aliphatic carbocycles. The van der Waals surface area contributed by atoms with Crippen LogP contribution in [0.3, 0.4) is 0 Å². The van der Waals surface area contributed by atoms with Gasteiger partial charge in [-0.2, -0.15) is 5.10 Å². The molecule has 3 fully saturated rings. The van der Waals surface area contributed by atoms with Crippen molar-refractivity contribution in [1.29, 1.82) is 0 Å². The third-order valence-electron chi connectivity index (χ3n) is 7.50. The van der Waals surface area contributed by atoms with Crippen LogP contribution >= 0.6 is 0 Å². The van der Waals surface area contributed by atoms with Crippen LogP contribution in [0.5, 0.6) is 0 Å². The molecular formula is C30H45F4N5O3. The Hall–Kier alpha value is -2.92. The monoisotopic (exact) mass is 599 g/mol. The van der Waals surface area contributed by atoms with Crippen LogP contribution in [0.25, 0.3) is 5.65 Å². The summed E-state index contributed by atoms with van der Waals surface area (Å²) in [4.78, 5) is 26.9. The second-order valence-electron chi connectivity index (χ2n) is 12.7. The molecule has 0 spiro atoms. The summed E-state index contributed by atoms with van der Waals surface area (Å²) in [5.74, 6) is -5.44. The number of nitrogens with zero attached hydrogens (tertiary/aromatic N) is 3. The lowest BCUT2D eigenvalue weighted by Gasteiger charge is -2.34. The number of imidazole rings is 1. The van der Waals surface area contributed by atoms with Crippen LogP contribution in [0, 0.1) is 11.8 Å². The smallest absolute Gasteiger partial charge is 0.407 e. The maximum Gasteiger partial charge on any atom is 0.407 e. The second kappa shape index (κ2) is 14.5. The third-order valence-corrected chi connectivity index (χ3v) is 7.50. The van der Waals surface area contributed by atoms with Crippen LogP contribution in [0.15, 0.2) is 18.5 Å². The molecule has 8 nitrogen and oxygen atoms in total. The lowest BCUT2D eigenvalue weighted by atomic mass is 9.79. The Morgan fingerprint density at radius 2 is 1.64 bits per heavy atom. The van der Waals surface area contributed by atoms with Crippen molar-refractivity contribution < 1.29 is 31.9 Å². The molecule has 0 unspecified atom stereocenters. The predicted molar refractivity (Wildman–Crippen MR) is 151 cm³/mol. The molecule has 0 radical (unpaired) electrons. The van der Waals surface area contributed by atoms with Gasteiger partial charge in [-0.1, -0.05) is 25.7 Å². The molecule has 2 amide bonds. The van der Waals surface area contributed by atoms with E-state index in [1.54, 1.807) is 16.9 Å². The number of carbonyl (C=O) groups excluding carboxylic acids is 2. The molecular weight excluding hydrogens is 554 g/mol. The molecule has 2 N–H and O–H groups in total. The minimum atomic E-state index is -2.61. The van der Waals surface area contributed by atoms with Gasteiger partial charge in [0, 0.05) is 45.7 Å². The summed E-state index contributed by atoms with van der Waals surface area (Å²) in [7, 11) is 1.54. The number of rotatable bonds is 6. The van der Waals surface area contributed by atoms with Crippen LogP contribution in [0.2, 0.25) is 0 Å². The van der Waals surface area contributed by atoms with Crippen molar-refractivity contribution in [2.45, 2.75) is 122 Å². The van der Waals surface area contributed by atoms with E-state index in [1.165, 1.54) is 32.7 Å². The van der Waals surface area contributed by atoms with Gasteiger partial charge < -0.3 is 15.4 Å². The number of ether oxygens (including phenoxy) is 1. The van der Waals surface area contributed by atoms with Gasteiger partial charge in [0.2, 0.25) is 17.8 Å². The Balaban J connectivity index is 0.000000309. The van der Waals surface area contributed by atoms with Gasteiger partial charge in [-0.3, -0.25) is 4.79 Å². The van der Waals surface area contributed by atoms with Crippen LogP contribution in [0.1, 0.15) is 103 Å². The number of carbonyl (C=O) groups is 2. The van der Waals surface area contributed by atoms with E-state index in [2.05, 4.69) is 20.7 Å². The fourth-order valence-corrected chi connectivity index (χ4v) is 4.80. The molecule has 12 heteroatoms. The highest BCUT2D eigenvalue weighted by Gasteiger charge is 2.45. The summed E-state index contributed by atoms with van der Waals surface area (Å²) in [5.41, 5.74) is 1.82. The van der Waals surface area contributed by atoms with Crippen LogP contribution in [0.4, 0.5) is 22.4 Å². The number of alkyl carbamates (subject to hydrolysis) is 1. The summed E-state index contributed by atoms with van der Waals surface area (Å²) < 4.78 is 58.7. The molecule has 2 aromatic heterocycles. The number of amides is 2. The van der Waals surface area contributed by atoms with Crippen LogP contribution in [-0.2, 0) is 22.5 Å². The highest BCUT2D eigenvalue weighted by molar-refractivity contribution is 5.76. The van der Waals surface area contributed by atoms with Gasteiger partial charge in [-0.05, 0) is 63.5 Å².